The second kappa shape index (κ2) is 14.4. The van der Waals surface area contributed by atoms with Crippen LogP contribution in [0.2, 0.25) is 0 Å². The molecule has 2 aromatic heterocycles. The van der Waals surface area contributed by atoms with Crippen LogP contribution < -0.4 is 15.6 Å². The summed E-state index contributed by atoms with van der Waals surface area (Å²) in [5, 5.41) is 10.1. The number of benzene rings is 1. The molecule has 3 aromatic rings. The highest BCUT2D eigenvalue weighted by molar-refractivity contribution is 5.97. The molecule has 1 amide bonds. The Morgan fingerprint density at radius 1 is 1.13 bits per heavy atom. The number of ether oxygens (including phenoxy) is 3. The number of nitrogens with zero attached hydrogens (tertiary/aromatic N) is 4. The summed E-state index contributed by atoms with van der Waals surface area (Å²) in [7, 11) is 1.41. The zero-order valence-electron chi connectivity index (χ0n) is 26.1. The van der Waals surface area contributed by atoms with E-state index in [1.807, 2.05) is 0 Å². The van der Waals surface area contributed by atoms with E-state index in [-0.39, 0.29) is 48.7 Å². The largest absolute Gasteiger partial charge is 0.511 e. The molecule has 1 aromatic carbocycles. The highest BCUT2D eigenvalue weighted by Gasteiger charge is 2.34. The van der Waals surface area contributed by atoms with Gasteiger partial charge >= 0.3 is 18.0 Å². The number of carbonyl (C=O) groups is 3. The molecule has 1 unspecified atom stereocenters. The fourth-order valence-electron chi connectivity index (χ4n) is 5.02. The Labute approximate surface area is 259 Å². The molecule has 0 aliphatic heterocycles. The Balaban J connectivity index is 1.64. The molecule has 4 rings (SSSR count). The Hall–Kier alpha value is -4.62. The minimum absolute atomic E-state index is 0.0280. The van der Waals surface area contributed by atoms with Gasteiger partial charge < -0.3 is 23.9 Å². The van der Waals surface area contributed by atoms with E-state index in [1.165, 1.54) is 26.1 Å². The molecule has 0 radical (unpaired) electrons. The molecule has 45 heavy (non-hydrogen) atoms. The smallest absolute Gasteiger partial charge is 0.446 e. The zero-order chi connectivity index (χ0) is 32.7. The summed E-state index contributed by atoms with van der Waals surface area (Å²) in [6.07, 6.45) is 2.29. The molecule has 2 heterocycles. The van der Waals surface area contributed by atoms with Crippen LogP contribution in [-0.2, 0) is 28.5 Å². The highest BCUT2D eigenvalue weighted by Crippen LogP contribution is 2.25. The first-order chi connectivity index (χ1) is 21.4. The lowest BCUT2D eigenvalue weighted by molar-refractivity contribution is -0.0797. The van der Waals surface area contributed by atoms with Crippen LogP contribution in [0, 0.1) is 12.7 Å². The molecule has 14 heteroatoms. The maximum absolute atomic E-state index is 13.8. The minimum atomic E-state index is -1.32. The number of Topliss-reactive ketones (excluding diaryl/α,β-unsaturated/α-hetero) is 1. The summed E-state index contributed by atoms with van der Waals surface area (Å²) >= 11 is 0. The molecule has 1 aliphatic carbocycles. The summed E-state index contributed by atoms with van der Waals surface area (Å²) in [5.41, 5.74) is -1.68. The quantitative estimate of drug-likeness (QED) is 0.168. The second-order valence-corrected chi connectivity index (χ2v) is 11.4. The van der Waals surface area contributed by atoms with E-state index in [4.69, 9.17) is 18.6 Å². The van der Waals surface area contributed by atoms with Crippen LogP contribution in [0.5, 0.6) is 5.75 Å². The van der Waals surface area contributed by atoms with E-state index in [0.29, 0.717) is 5.56 Å². The molecule has 0 saturated heterocycles. The lowest BCUT2D eigenvalue weighted by Gasteiger charge is -2.28. The van der Waals surface area contributed by atoms with E-state index in [9.17, 15) is 23.6 Å². The highest BCUT2D eigenvalue weighted by atomic mass is 19.1. The average molecular weight is 628 g/mol. The van der Waals surface area contributed by atoms with Gasteiger partial charge in [0.15, 0.2) is 11.5 Å². The number of halogens is 1. The Bertz CT molecular complexity index is 1580. The normalized spacial score (nSPS) is 14.4. The third-order valence-corrected chi connectivity index (χ3v) is 7.40. The van der Waals surface area contributed by atoms with Gasteiger partial charge in [-0.25, -0.2) is 14.2 Å². The summed E-state index contributed by atoms with van der Waals surface area (Å²) in [5.74, 6) is -2.17. The van der Waals surface area contributed by atoms with Crippen molar-refractivity contribution in [2.75, 3.05) is 0 Å². The maximum atomic E-state index is 13.8. The lowest BCUT2D eigenvalue weighted by atomic mass is 9.98. The van der Waals surface area contributed by atoms with Crippen LogP contribution in [0.4, 0.5) is 9.18 Å². The fourth-order valence-corrected chi connectivity index (χ4v) is 5.02. The van der Waals surface area contributed by atoms with Gasteiger partial charge in [0, 0.05) is 26.8 Å². The molecule has 1 aliphatic rings. The molecule has 0 bridgehead atoms. The predicted molar refractivity (Wildman–Crippen MR) is 157 cm³/mol. The number of carbonyl (C=O) groups excluding carboxylic acids is 3. The zero-order valence-corrected chi connectivity index (χ0v) is 26.1. The summed E-state index contributed by atoms with van der Waals surface area (Å²) in [6, 6.07) is 5.68. The number of hydrogen-bond acceptors (Lipinski definition) is 11. The van der Waals surface area contributed by atoms with Crippen molar-refractivity contribution in [2.45, 2.75) is 97.0 Å². The topological polar surface area (TPSA) is 165 Å². The van der Waals surface area contributed by atoms with Crippen molar-refractivity contribution in [1.82, 2.24) is 25.1 Å². The number of rotatable bonds is 12. The SMILES string of the molecule is CCC(OC(=O)OC1CCCCC1)Oc1c(C(=O)CCc2ccc(F)cc2)nc(C(C)(C)NC(=O)c2nnc(C)o2)n(C)c1=O. The van der Waals surface area contributed by atoms with Crippen molar-refractivity contribution in [3.63, 3.8) is 0 Å². The van der Waals surface area contributed by atoms with Gasteiger partial charge in [0.2, 0.25) is 17.9 Å². The molecule has 1 fully saturated rings. The van der Waals surface area contributed by atoms with Gasteiger partial charge in [0.25, 0.3) is 5.56 Å². The van der Waals surface area contributed by atoms with E-state index >= 15 is 0 Å². The fraction of sp³-hybridized carbons (Fsp3) is 0.516. The van der Waals surface area contributed by atoms with Gasteiger partial charge in [-0.15, -0.1) is 10.2 Å². The molecule has 1 saturated carbocycles. The Morgan fingerprint density at radius 2 is 1.82 bits per heavy atom. The first kappa shape index (κ1) is 33.3. The maximum Gasteiger partial charge on any atom is 0.511 e. The second-order valence-electron chi connectivity index (χ2n) is 11.4. The number of nitrogens with one attached hydrogen (secondary N) is 1. The first-order valence-electron chi connectivity index (χ1n) is 14.9. The number of aromatic nitrogens is 4. The van der Waals surface area contributed by atoms with Crippen molar-refractivity contribution in [1.29, 1.82) is 0 Å². The Kier molecular flexibility index (Phi) is 10.7. The molecule has 0 spiro atoms. The molecule has 1 N–H and O–H groups in total. The van der Waals surface area contributed by atoms with Gasteiger partial charge in [-0.1, -0.05) is 25.5 Å². The van der Waals surface area contributed by atoms with Crippen molar-refractivity contribution in [2.24, 2.45) is 7.05 Å². The summed E-state index contributed by atoms with van der Waals surface area (Å²) < 4.78 is 36.4. The lowest BCUT2D eigenvalue weighted by Crippen LogP contribution is -2.46. The first-order valence-corrected chi connectivity index (χ1v) is 14.9. The van der Waals surface area contributed by atoms with Crippen LogP contribution in [0.15, 0.2) is 33.5 Å². The van der Waals surface area contributed by atoms with Crippen LogP contribution in [-0.4, -0.2) is 50.0 Å². The van der Waals surface area contributed by atoms with Crippen molar-refractivity contribution >= 4 is 17.8 Å². The van der Waals surface area contributed by atoms with Gasteiger partial charge in [-0.2, -0.15) is 0 Å². The van der Waals surface area contributed by atoms with Gasteiger partial charge in [-0.05, 0) is 63.6 Å². The van der Waals surface area contributed by atoms with Crippen LogP contribution in [0.25, 0.3) is 0 Å². The average Bonchev–Trinajstić information content (AvgIpc) is 3.45. The molecular formula is C31H38FN5O8. The van der Waals surface area contributed by atoms with Crippen molar-refractivity contribution < 1.29 is 37.4 Å². The number of amides is 1. The van der Waals surface area contributed by atoms with Gasteiger partial charge in [0.1, 0.15) is 17.7 Å². The third-order valence-electron chi connectivity index (χ3n) is 7.40. The molecule has 1 atom stereocenters. The van der Waals surface area contributed by atoms with E-state index < -0.39 is 46.8 Å². The third kappa shape index (κ3) is 8.52. The van der Waals surface area contributed by atoms with Crippen LogP contribution >= 0.6 is 0 Å². The summed E-state index contributed by atoms with van der Waals surface area (Å²) in [6.45, 7) is 6.38. The molecule has 242 valence electrons. The molecule has 13 nitrogen and oxygen atoms in total. The van der Waals surface area contributed by atoms with Gasteiger partial charge in [-0.3, -0.25) is 19.0 Å². The van der Waals surface area contributed by atoms with Gasteiger partial charge in [0.05, 0.1) is 5.54 Å². The number of hydrogen-bond donors (Lipinski definition) is 1. The predicted octanol–water partition coefficient (Wildman–Crippen LogP) is 4.69. The van der Waals surface area contributed by atoms with Crippen molar-refractivity contribution in [3.05, 3.63) is 69.3 Å². The van der Waals surface area contributed by atoms with Crippen LogP contribution in [0.1, 0.15) is 104 Å². The van der Waals surface area contributed by atoms with Crippen LogP contribution in [0.3, 0.4) is 0 Å². The Morgan fingerprint density at radius 3 is 2.44 bits per heavy atom. The monoisotopic (exact) mass is 627 g/mol. The van der Waals surface area contributed by atoms with E-state index in [0.717, 1.165) is 36.7 Å². The van der Waals surface area contributed by atoms with E-state index in [2.05, 4.69) is 20.5 Å². The molecular weight excluding hydrogens is 589 g/mol. The van der Waals surface area contributed by atoms with E-state index in [1.54, 1.807) is 32.9 Å². The number of ketones is 1. The standard InChI is InChI=1S/C31H38FN5O8/c1-6-23(45-30(41)43-21-10-8-7-9-11-21)44-25-24(22(38)17-14-19-12-15-20(32)16-13-19)33-29(37(5)28(25)40)31(3,4)34-26(39)27-36-35-18(2)42-27/h12-13,15-16,21,23H,6-11,14,17H2,1-5H3,(H,34,39). The summed E-state index contributed by atoms with van der Waals surface area (Å²) in [4.78, 5) is 57.3. The minimum Gasteiger partial charge on any atom is -0.446 e. The number of aryl methyl sites for hydroxylation is 2. The van der Waals surface area contributed by atoms with Crippen molar-refractivity contribution in [3.8, 4) is 5.75 Å².